The number of benzene rings is 1. The molecule has 94 valence electrons. The van der Waals surface area contributed by atoms with Gasteiger partial charge in [-0.15, -0.1) is 0 Å². The highest BCUT2D eigenvalue weighted by Gasteiger charge is 2.12. The smallest absolute Gasteiger partial charge is 0.288 e. The van der Waals surface area contributed by atoms with Crippen LogP contribution in [0.25, 0.3) is 0 Å². The van der Waals surface area contributed by atoms with Crippen LogP contribution in [0.4, 0.5) is 11.4 Å². The molecule has 0 aliphatic rings. The van der Waals surface area contributed by atoms with Crippen molar-refractivity contribution in [1.82, 2.24) is 0 Å². The third kappa shape index (κ3) is 2.94. The topological polar surface area (TPSA) is 68.3 Å². The number of halogens is 2. The van der Waals surface area contributed by atoms with Crippen LogP contribution in [-0.2, 0) is 6.54 Å². The average Bonchev–Trinajstić information content (AvgIpc) is 2.72. The third-order valence-corrected chi connectivity index (χ3v) is 2.75. The van der Waals surface area contributed by atoms with Gasteiger partial charge in [-0.05, 0) is 35.9 Å². The Morgan fingerprint density at radius 2 is 2.06 bits per heavy atom. The molecule has 0 spiro atoms. The monoisotopic (exact) mass is 286 g/mol. The van der Waals surface area contributed by atoms with Gasteiger partial charge in [0.1, 0.15) is 10.8 Å². The summed E-state index contributed by atoms with van der Waals surface area (Å²) in [6.07, 6.45) is 0. The summed E-state index contributed by atoms with van der Waals surface area (Å²) in [4.78, 5) is 10.1. The van der Waals surface area contributed by atoms with Crippen LogP contribution < -0.4 is 5.32 Å². The number of nitro benzene ring substituents is 1. The zero-order valence-corrected chi connectivity index (χ0v) is 10.5. The van der Waals surface area contributed by atoms with E-state index in [1.807, 2.05) is 0 Å². The molecule has 0 fully saturated rings. The van der Waals surface area contributed by atoms with Crippen molar-refractivity contribution in [2.75, 3.05) is 5.32 Å². The summed E-state index contributed by atoms with van der Waals surface area (Å²) < 4.78 is 5.16. The lowest BCUT2D eigenvalue weighted by molar-refractivity contribution is -0.384. The Balaban J connectivity index is 2.06. The van der Waals surface area contributed by atoms with Gasteiger partial charge in [0.05, 0.1) is 11.5 Å². The van der Waals surface area contributed by atoms with Crippen molar-refractivity contribution in [3.05, 3.63) is 56.4 Å². The second-order valence-electron chi connectivity index (χ2n) is 3.48. The van der Waals surface area contributed by atoms with Crippen LogP contribution in [0.15, 0.2) is 34.7 Å². The van der Waals surface area contributed by atoms with Gasteiger partial charge in [-0.3, -0.25) is 10.1 Å². The Labute approximate surface area is 112 Å². The van der Waals surface area contributed by atoms with Crippen molar-refractivity contribution >= 4 is 34.6 Å². The van der Waals surface area contributed by atoms with E-state index < -0.39 is 4.92 Å². The number of nitrogens with zero attached hydrogens (tertiary/aromatic N) is 1. The van der Waals surface area contributed by atoms with Crippen molar-refractivity contribution in [3.8, 4) is 0 Å². The molecule has 18 heavy (non-hydrogen) atoms. The van der Waals surface area contributed by atoms with Crippen molar-refractivity contribution in [3.63, 3.8) is 0 Å². The van der Waals surface area contributed by atoms with E-state index in [1.54, 1.807) is 18.2 Å². The van der Waals surface area contributed by atoms with E-state index in [1.165, 1.54) is 12.1 Å². The normalized spacial score (nSPS) is 10.3. The minimum atomic E-state index is -0.529. The molecule has 0 atom stereocenters. The summed E-state index contributed by atoms with van der Waals surface area (Å²) in [6.45, 7) is 0.418. The van der Waals surface area contributed by atoms with Crippen LogP contribution in [0.2, 0.25) is 10.2 Å². The van der Waals surface area contributed by atoms with E-state index in [0.29, 0.717) is 23.2 Å². The van der Waals surface area contributed by atoms with Gasteiger partial charge < -0.3 is 9.73 Å². The summed E-state index contributed by atoms with van der Waals surface area (Å²) in [7, 11) is 0. The van der Waals surface area contributed by atoms with Gasteiger partial charge in [0, 0.05) is 11.8 Å². The Morgan fingerprint density at radius 3 is 2.61 bits per heavy atom. The van der Waals surface area contributed by atoms with Crippen LogP contribution in [-0.4, -0.2) is 4.92 Å². The first kappa shape index (κ1) is 12.7. The largest absolute Gasteiger partial charge is 0.448 e. The molecule has 2 rings (SSSR count). The first-order valence-corrected chi connectivity index (χ1v) is 5.74. The number of anilines is 1. The number of rotatable bonds is 4. The molecule has 7 heteroatoms. The van der Waals surface area contributed by atoms with E-state index in [2.05, 4.69) is 5.32 Å². The summed E-state index contributed by atoms with van der Waals surface area (Å²) in [5, 5.41) is 14.0. The molecule has 0 saturated heterocycles. The van der Waals surface area contributed by atoms with Crippen molar-refractivity contribution in [2.45, 2.75) is 6.54 Å². The van der Waals surface area contributed by atoms with E-state index in [0.717, 1.165) is 0 Å². The molecule has 0 aliphatic carbocycles. The molecule has 1 heterocycles. The SMILES string of the molecule is O=[N+]([O-])c1ccc(NCc2ccc(Cl)o2)cc1Cl. The van der Waals surface area contributed by atoms with Gasteiger partial charge in [0.25, 0.3) is 5.69 Å². The lowest BCUT2D eigenvalue weighted by atomic mass is 10.3. The number of nitrogens with one attached hydrogen (secondary N) is 1. The van der Waals surface area contributed by atoms with Gasteiger partial charge in [0.15, 0.2) is 5.22 Å². The fourth-order valence-corrected chi connectivity index (χ4v) is 1.81. The molecule has 0 amide bonds. The molecule has 0 aliphatic heterocycles. The number of furan rings is 1. The first-order valence-electron chi connectivity index (χ1n) is 4.98. The van der Waals surface area contributed by atoms with Gasteiger partial charge in [0.2, 0.25) is 0 Å². The number of nitro groups is 1. The summed E-state index contributed by atoms with van der Waals surface area (Å²) in [6, 6.07) is 7.79. The van der Waals surface area contributed by atoms with E-state index in [4.69, 9.17) is 27.6 Å². The second kappa shape index (κ2) is 5.29. The van der Waals surface area contributed by atoms with Crippen molar-refractivity contribution in [1.29, 1.82) is 0 Å². The maximum Gasteiger partial charge on any atom is 0.288 e. The van der Waals surface area contributed by atoms with E-state index in [-0.39, 0.29) is 10.7 Å². The van der Waals surface area contributed by atoms with Crippen LogP contribution in [0.1, 0.15) is 5.76 Å². The highest BCUT2D eigenvalue weighted by Crippen LogP contribution is 2.27. The lowest BCUT2D eigenvalue weighted by Gasteiger charge is -2.04. The van der Waals surface area contributed by atoms with Gasteiger partial charge in [-0.2, -0.15) is 0 Å². The fourth-order valence-electron chi connectivity index (χ4n) is 1.40. The Bertz CT molecular complexity index is 583. The average molecular weight is 287 g/mol. The molecule has 0 bridgehead atoms. The van der Waals surface area contributed by atoms with E-state index in [9.17, 15) is 10.1 Å². The van der Waals surface area contributed by atoms with E-state index >= 15 is 0 Å². The van der Waals surface area contributed by atoms with Gasteiger partial charge in [-0.1, -0.05) is 11.6 Å². The van der Waals surface area contributed by atoms with Crippen LogP contribution >= 0.6 is 23.2 Å². The first-order chi connectivity index (χ1) is 8.56. The van der Waals surface area contributed by atoms with Gasteiger partial charge in [-0.25, -0.2) is 0 Å². The Kier molecular flexibility index (Phi) is 3.74. The standard InChI is InChI=1S/C11H8Cl2N2O3/c12-9-5-7(1-3-10(9)15(16)17)14-6-8-2-4-11(13)18-8/h1-5,14H,6H2. The molecule has 1 aromatic carbocycles. The number of hydrogen-bond donors (Lipinski definition) is 1. The highest BCUT2D eigenvalue weighted by molar-refractivity contribution is 6.32. The van der Waals surface area contributed by atoms with Gasteiger partial charge >= 0.3 is 0 Å². The van der Waals surface area contributed by atoms with Crippen molar-refractivity contribution in [2.24, 2.45) is 0 Å². The minimum absolute atomic E-state index is 0.0856. The molecular weight excluding hydrogens is 279 g/mol. The maximum atomic E-state index is 10.6. The van der Waals surface area contributed by atoms with Crippen LogP contribution in [0, 0.1) is 10.1 Å². The lowest BCUT2D eigenvalue weighted by Crippen LogP contribution is -1.98. The quantitative estimate of drug-likeness (QED) is 0.678. The fraction of sp³-hybridized carbons (Fsp3) is 0.0909. The summed E-state index contributed by atoms with van der Waals surface area (Å²) >= 11 is 11.4. The second-order valence-corrected chi connectivity index (χ2v) is 4.26. The molecule has 2 aromatic rings. The minimum Gasteiger partial charge on any atom is -0.448 e. The maximum absolute atomic E-state index is 10.6. The predicted octanol–water partition coefficient (Wildman–Crippen LogP) is 4.11. The Morgan fingerprint density at radius 1 is 1.28 bits per heavy atom. The summed E-state index contributed by atoms with van der Waals surface area (Å²) in [5.41, 5.74) is 0.543. The molecule has 5 nitrogen and oxygen atoms in total. The molecule has 1 aromatic heterocycles. The molecule has 0 unspecified atom stereocenters. The molecule has 0 radical (unpaired) electrons. The van der Waals surface area contributed by atoms with Crippen molar-refractivity contribution < 1.29 is 9.34 Å². The van der Waals surface area contributed by atoms with Crippen LogP contribution in [0.3, 0.4) is 0 Å². The predicted molar refractivity (Wildman–Crippen MR) is 69.2 cm³/mol. The molecule has 1 N–H and O–H groups in total. The zero-order valence-electron chi connectivity index (χ0n) is 9.02. The highest BCUT2D eigenvalue weighted by atomic mass is 35.5. The molecular formula is C11H8Cl2N2O3. The summed E-state index contributed by atoms with van der Waals surface area (Å²) in [5.74, 6) is 0.662. The Hall–Kier alpha value is -1.72. The van der Waals surface area contributed by atoms with Crippen LogP contribution in [0.5, 0.6) is 0 Å². The zero-order chi connectivity index (χ0) is 13.1. The molecule has 0 saturated carbocycles. The number of hydrogen-bond acceptors (Lipinski definition) is 4. The third-order valence-electron chi connectivity index (χ3n) is 2.24.